The van der Waals surface area contributed by atoms with Gasteiger partial charge in [0, 0.05) is 22.1 Å². The van der Waals surface area contributed by atoms with Crippen LogP contribution in [0.25, 0.3) is 21.8 Å². The van der Waals surface area contributed by atoms with Crippen molar-refractivity contribution in [2.75, 3.05) is 18.2 Å². The fraction of sp³-hybridized carbons (Fsp3) is 0.0909. The van der Waals surface area contributed by atoms with E-state index in [0.717, 1.165) is 27.7 Å². The summed E-state index contributed by atoms with van der Waals surface area (Å²) in [4.78, 5) is 16.9. The summed E-state index contributed by atoms with van der Waals surface area (Å²) < 4.78 is 4.92. The molecule has 0 radical (unpaired) electrons. The molecule has 0 atom stereocenters. The van der Waals surface area contributed by atoms with Gasteiger partial charge in [-0.05, 0) is 35.9 Å². The predicted molar refractivity (Wildman–Crippen MR) is 111 cm³/mol. The Morgan fingerprint density at radius 2 is 1.89 bits per heavy atom. The molecule has 0 aliphatic rings. The number of fused-ring (bicyclic) bond motifs is 2. The summed E-state index contributed by atoms with van der Waals surface area (Å²) in [6, 6.07) is 18.5. The molecule has 1 heterocycles. The van der Waals surface area contributed by atoms with Gasteiger partial charge in [-0.1, -0.05) is 30.3 Å². The fourth-order valence-electron chi connectivity index (χ4n) is 3.35. The van der Waals surface area contributed by atoms with Gasteiger partial charge in [0.15, 0.2) is 0 Å². The fourth-order valence-corrected chi connectivity index (χ4v) is 3.35. The van der Waals surface area contributed by atoms with Crippen molar-refractivity contribution in [2.24, 2.45) is 0 Å². The number of nitrogens with one attached hydrogen (secondary N) is 1. The lowest BCUT2D eigenvalue weighted by Gasteiger charge is -2.15. The second-order valence-corrected chi connectivity index (χ2v) is 6.44. The van der Waals surface area contributed by atoms with Crippen LogP contribution in [0.15, 0.2) is 60.7 Å². The molecule has 4 aromatic rings. The zero-order valence-corrected chi connectivity index (χ0v) is 15.3. The molecular weight excluding hydrogens is 354 g/mol. The maximum atomic E-state index is 12.2. The quantitative estimate of drug-likeness (QED) is 0.284. The molecule has 0 saturated heterocycles. The third-order valence-electron chi connectivity index (χ3n) is 4.58. The van der Waals surface area contributed by atoms with Crippen LogP contribution >= 0.6 is 0 Å². The van der Waals surface area contributed by atoms with Crippen LogP contribution in [0.4, 0.5) is 17.1 Å². The Morgan fingerprint density at radius 3 is 2.68 bits per heavy atom. The average molecular weight is 373 g/mol. The second kappa shape index (κ2) is 7.17. The normalized spacial score (nSPS) is 10.9. The molecule has 6 nitrogen and oxygen atoms in total. The zero-order valence-electron chi connectivity index (χ0n) is 15.3. The molecule has 0 spiro atoms. The van der Waals surface area contributed by atoms with Crippen molar-refractivity contribution in [1.29, 1.82) is 0 Å². The van der Waals surface area contributed by atoms with Crippen molar-refractivity contribution in [2.45, 2.75) is 6.61 Å². The standard InChI is InChI=1S/C22H19N3O3/c1-28-22(27)18-7-4-6-17-20(16-5-2-3-8-19(16)25-21(17)18)24-15-10-13(12-26)9-14(23)11-15/h2-11,26H,12,23H2,1H3,(H,24,25). The molecule has 28 heavy (non-hydrogen) atoms. The summed E-state index contributed by atoms with van der Waals surface area (Å²) in [7, 11) is 1.35. The highest BCUT2D eigenvalue weighted by Gasteiger charge is 2.16. The van der Waals surface area contributed by atoms with Gasteiger partial charge in [-0.15, -0.1) is 0 Å². The number of anilines is 3. The number of aliphatic hydroxyl groups is 1. The van der Waals surface area contributed by atoms with Crippen LogP contribution in [-0.2, 0) is 11.3 Å². The highest BCUT2D eigenvalue weighted by Crippen LogP contribution is 2.35. The number of para-hydroxylation sites is 2. The van der Waals surface area contributed by atoms with E-state index < -0.39 is 5.97 Å². The first-order chi connectivity index (χ1) is 13.6. The van der Waals surface area contributed by atoms with Gasteiger partial charge in [-0.25, -0.2) is 9.78 Å². The smallest absolute Gasteiger partial charge is 0.340 e. The maximum absolute atomic E-state index is 12.2. The molecule has 0 unspecified atom stereocenters. The highest BCUT2D eigenvalue weighted by atomic mass is 16.5. The number of hydrogen-bond acceptors (Lipinski definition) is 6. The van der Waals surface area contributed by atoms with Crippen molar-refractivity contribution >= 4 is 44.8 Å². The van der Waals surface area contributed by atoms with Crippen molar-refractivity contribution in [3.05, 3.63) is 71.8 Å². The molecule has 0 saturated carbocycles. The number of nitrogens with zero attached hydrogens (tertiary/aromatic N) is 1. The third kappa shape index (κ3) is 3.10. The number of benzene rings is 3. The third-order valence-corrected chi connectivity index (χ3v) is 4.58. The molecule has 6 heteroatoms. The Bertz CT molecular complexity index is 1200. The number of ether oxygens (including phenoxy) is 1. The van der Waals surface area contributed by atoms with E-state index in [-0.39, 0.29) is 6.61 Å². The number of methoxy groups -OCH3 is 1. The first kappa shape index (κ1) is 17.8. The lowest BCUT2D eigenvalue weighted by Crippen LogP contribution is -2.04. The van der Waals surface area contributed by atoms with E-state index in [4.69, 9.17) is 15.5 Å². The summed E-state index contributed by atoms with van der Waals surface area (Å²) in [5, 5.41) is 14.6. The van der Waals surface area contributed by atoms with Gasteiger partial charge < -0.3 is 20.9 Å². The van der Waals surface area contributed by atoms with Gasteiger partial charge >= 0.3 is 5.97 Å². The average Bonchev–Trinajstić information content (AvgIpc) is 2.72. The van der Waals surface area contributed by atoms with Gasteiger partial charge in [0.05, 0.1) is 36.0 Å². The van der Waals surface area contributed by atoms with Crippen LogP contribution in [0.3, 0.4) is 0 Å². The summed E-state index contributed by atoms with van der Waals surface area (Å²) in [6.07, 6.45) is 0. The molecule has 0 amide bonds. The Morgan fingerprint density at radius 1 is 1.11 bits per heavy atom. The lowest BCUT2D eigenvalue weighted by atomic mass is 10.0. The number of hydrogen-bond donors (Lipinski definition) is 3. The van der Waals surface area contributed by atoms with E-state index >= 15 is 0 Å². The molecule has 4 rings (SSSR count). The number of nitrogens with two attached hydrogens (primary N) is 1. The monoisotopic (exact) mass is 373 g/mol. The summed E-state index contributed by atoms with van der Waals surface area (Å²) in [5.74, 6) is -0.439. The van der Waals surface area contributed by atoms with E-state index in [1.807, 2.05) is 36.4 Å². The number of aliphatic hydroxyl groups excluding tert-OH is 1. The molecular formula is C22H19N3O3. The van der Waals surface area contributed by atoms with Crippen molar-refractivity contribution in [3.8, 4) is 0 Å². The highest BCUT2D eigenvalue weighted by molar-refractivity contribution is 6.13. The van der Waals surface area contributed by atoms with Crippen LogP contribution in [0, 0.1) is 0 Å². The van der Waals surface area contributed by atoms with Gasteiger partial charge in [0.2, 0.25) is 0 Å². The van der Waals surface area contributed by atoms with Crippen molar-refractivity contribution in [3.63, 3.8) is 0 Å². The molecule has 0 bridgehead atoms. The van der Waals surface area contributed by atoms with Crippen LogP contribution in [0.5, 0.6) is 0 Å². The minimum absolute atomic E-state index is 0.107. The van der Waals surface area contributed by atoms with Gasteiger partial charge in [-0.3, -0.25) is 0 Å². The van der Waals surface area contributed by atoms with Gasteiger partial charge in [0.25, 0.3) is 0 Å². The Hall–Kier alpha value is -3.64. The summed E-state index contributed by atoms with van der Waals surface area (Å²) in [5.41, 5.74) is 10.5. The molecule has 1 aromatic heterocycles. The first-order valence-corrected chi connectivity index (χ1v) is 8.78. The number of nitrogen functional groups attached to an aromatic ring is 1. The van der Waals surface area contributed by atoms with Crippen LogP contribution < -0.4 is 11.1 Å². The second-order valence-electron chi connectivity index (χ2n) is 6.44. The summed E-state index contributed by atoms with van der Waals surface area (Å²) >= 11 is 0. The van der Waals surface area contributed by atoms with Gasteiger partial charge in [0.1, 0.15) is 0 Å². The number of aromatic nitrogens is 1. The molecule has 0 fully saturated rings. The Balaban J connectivity index is 2.00. The topological polar surface area (TPSA) is 97.5 Å². The van der Waals surface area contributed by atoms with Crippen molar-refractivity contribution < 1.29 is 14.6 Å². The maximum Gasteiger partial charge on any atom is 0.340 e. The molecule has 0 aliphatic heterocycles. The summed E-state index contributed by atoms with van der Waals surface area (Å²) in [6.45, 7) is -0.107. The Kier molecular flexibility index (Phi) is 4.55. The van der Waals surface area contributed by atoms with E-state index in [2.05, 4.69) is 5.32 Å². The molecule has 3 aromatic carbocycles. The van der Waals surface area contributed by atoms with E-state index in [1.54, 1.807) is 24.3 Å². The van der Waals surface area contributed by atoms with E-state index in [1.165, 1.54) is 7.11 Å². The van der Waals surface area contributed by atoms with Gasteiger partial charge in [-0.2, -0.15) is 0 Å². The minimum Gasteiger partial charge on any atom is -0.465 e. The van der Waals surface area contributed by atoms with Crippen LogP contribution in [0.1, 0.15) is 15.9 Å². The zero-order chi connectivity index (χ0) is 19.7. The number of carbonyl (C=O) groups excluding carboxylic acids is 1. The number of pyridine rings is 1. The van der Waals surface area contributed by atoms with E-state index in [9.17, 15) is 9.90 Å². The first-order valence-electron chi connectivity index (χ1n) is 8.78. The largest absolute Gasteiger partial charge is 0.465 e. The number of rotatable bonds is 4. The lowest BCUT2D eigenvalue weighted by molar-refractivity contribution is 0.0603. The van der Waals surface area contributed by atoms with E-state index in [0.29, 0.717) is 22.3 Å². The Labute approximate surface area is 161 Å². The molecule has 0 aliphatic carbocycles. The predicted octanol–water partition coefficient (Wildman–Crippen LogP) is 3.99. The number of esters is 1. The molecule has 4 N–H and O–H groups in total. The van der Waals surface area contributed by atoms with Crippen LogP contribution in [0.2, 0.25) is 0 Å². The van der Waals surface area contributed by atoms with Crippen molar-refractivity contribution in [1.82, 2.24) is 4.98 Å². The minimum atomic E-state index is -0.439. The molecule has 140 valence electrons. The van der Waals surface area contributed by atoms with Crippen LogP contribution in [-0.4, -0.2) is 23.2 Å². The number of carbonyl (C=O) groups is 1. The SMILES string of the molecule is COC(=O)c1cccc2c(Nc3cc(N)cc(CO)c3)c3ccccc3nc12.